The van der Waals surface area contributed by atoms with E-state index >= 15 is 0 Å². The lowest BCUT2D eigenvalue weighted by molar-refractivity contribution is -0.147. The molecular formula is C17H14O5S. The molecule has 0 fully saturated rings. The Labute approximate surface area is 137 Å². The monoisotopic (exact) mass is 330 g/mol. The van der Waals surface area contributed by atoms with E-state index in [1.165, 1.54) is 18.4 Å². The molecule has 1 atom stereocenters. The van der Waals surface area contributed by atoms with Crippen LogP contribution in [0.4, 0.5) is 0 Å². The molecule has 0 saturated carbocycles. The molecule has 2 heterocycles. The van der Waals surface area contributed by atoms with Gasteiger partial charge in [0.05, 0.1) is 12.7 Å². The van der Waals surface area contributed by atoms with E-state index < -0.39 is 12.1 Å². The normalized spacial score (nSPS) is 15.9. The van der Waals surface area contributed by atoms with Crippen molar-refractivity contribution in [3.63, 3.8) is 0 Å². The van der Waals surface area contributed by atoms with Gasteiger partial charge in [-0.15, -0.1) is 11.3 Å². The lowest BCUT2D eigenvalue weighted by Gasteiger charge is -2.12. The molecule has 1 aromatic heterocycles. The van der Waals surface area contributed by atoms with Crippen molar-refractivity contribution in [2.75, 3.05) is 7.11 Å². The summed E-state index contributed by atoms with van der Waals surface area (Å²) in [6, 6.07) is 8.68. The van der Waals surface area contributed by atoms with Gasteiger partial charge in [-0.3, -0.25) is 4.79 Å². The van der Waals surface area contributed by atoms with E-state index in [1.54, 1.807) is 31.2 Å². The van der Waals surface area contributed by atoms with E-state index in [2.05, 4.69) is 4.74 Å². The van der Waals surface area contributed by atoms with Gasteiger partial charge in [-0.05, 0) is 30.5 Å². The van der Waals surface area contributed by atoms with Crippen LogP contribution < -0.4 is 9.47 Å². The van der Waals surface area contributed by atoms with Crippen LogP contribution in [0.2, 0.25) is 0 Å². The van der Waals surface area contributed by atoms with E-state index in [0.29, 0.717) is 17.1 Å². The number of carbonyl (C=O) groups excluding carboxylic acids is 2. The Bertz CT molecular complexity index is 776. The maximum absolute atomic E-state index is 12.3. The zero-order valence-electron chi connectivity index (χ0n) is 12.6. The summed E-state index contributed by atoms with van der Waals surface area (Å²) in [6.07, 6.45) is 0.973. The highest BCUT2D eigenvalue weighted by Gasteiger charge is 2.28. The smallest absolute Gasteiger partial charge is 0.346 e. The first-order chi connectivity index (χ1) is 11.1. The van der Waals surface area contributed by atoms with E-state index in [0.717, 1.165) is 4.88 Å². The average Bonchev–Trinajstić information content (AvgIpc) is 3.15. The molecule has 0 unspecified atom stereocenters. The van der Waals surface area contributed by atoms with Crippen molar-refractivity contribution in [1.29, 1.82) is 0 Å². The van der Waals surface area contributed by atoms with Crippen LogP contribution in [0.25, 0.3) is 6.08 Å². The molecule has 5 nitrogen and oxygen atoms in total. The highest BCUT2D eigenvalue weighted by molar-refractivity contribution is 7.10. The number of esters is 1. The third kappa shape index (κ3) is 3.12. The number of carbonyl (C=O) groups is 2. The fourth-order valence-corrected chi connectivity index (χ4v) is 2.81. The van der Waals surface area contributed by atoms with Gasteiger partial charge >= 0.3 is 5.97 Å². The standard InChI is InChI=1S/C17H14O5S/c1-10(17(19)20-2)21-11-5-6-13-14(8-11)22-15(16(13)18)9-12-4-3-7-23-12/h3-10H,1-2H3/b15-9+/t10-/m0/s1. The molecule has 0 spiro atoms. The first-order valence-corrected chi connectivity index (χ1v) is 7.82. The Kier molecular flexibility index (Phi) is 4.16. The maximum atomic E-state index is 12.3. The van der Waals surface area contributed by atoms with Crippen LogP contribution in [0.15, 0.2) is 41.5 Å². The topological polar surface area (TPSA) is 61.8 Å². The Morgan fingerprint density at radius 2 is 2.17 bits per heavy atom. The molecule has 1 aromatic carbocycles. The summed E-state index contributed by atoms with van der Waals surface area (Å²) >= 11 is 1.52. The number of hydrogen-bond donors (Lipinski definition) is 0. The zero-order chi connectivity index (χ0) is 16.4. The van der Waals surface area contributed by atoms with Crippen molar-refractivity contribution in [1.82, 2.24) is 0 Å². The summed E-state index contributed by atoms with van der Waals surface area (Å²) in [5, 5.41) is 1.93. The Balaban J connectivity index is 1.81. The molecule has 118 valence electrons. The van der Waals surface area contributed by atoms with Crippen LogP contribution in [-0.4, -0.2) is 25.0 Å². The summed E-state index contributed by atoms with van der Waals surface area (Å²) in [4.78, 5) is 24.6. The molecule has 23 heavy (non-hydrogen) atoms. The second kappa shape index (κ2) is 6.26. The fraction of sp³-hybridized carbons (Fsp3) is 0.176. The predicted octanol–water partition coefficient (Wildman–Crippen LogP) is 3.30. The van der Waals surface area contributed by atoms with Gasteiger partial charge in [0.1, 0.15) is 11.5 Å². The maximum Gasteiger partial charge on any atom is 0.346 e. The fourth-order valence-electron chi connectivity index (χ4n) is 2.16. The number of allylic oxidation sites excluding steroid dienone is 1. The van der Waals surface area contributed by atoms with Crippen molar-refractivity contribution in [2.45, 2.75) is 13.0 Å². The number of rotatable bonds is 4. The quantitative estimate of drug-likeness (QED) is 0.636. The van der Waals surface area contributed by atoms with Gasteiger partial charge in [0.15, 0.2) is 11.9 Å². The summed E-state index contributed by atoms with van der Waals surface area (Å²) in [5.41, 5.74) is 0.478. The molecule has 0 radical (unpaired) electrons. The summed E-state index contributed by atoms with van der Waals surface area (Å²) in [7, 11) is 1.30. The van der Waals surface area contributed by atoms with E-state index in [1.807, 2.05) is 17.5 Å². The van der Waals surface area contributed by atoms with E-state index in [4.69, 9.17) is 9.47 Å². The van der Waals surface area contributed by atoms with Gasteiger partial charge in [-0.25, -0.2) is 4.79 Å². The SMILES string of the molecule is COC(=O)[C@H](C)Oc1ccc2c(c1)O/C(=C/c1cccs1)C2=O. The molecule has 0 saturated heterocycles. The highest BCUT2D eigenvalue weighted by Crippen LogP contribution is 2.35. The van der Waals surface area contributed by atoms with Gasteiger partial charge in [0.25, 0.3) is 0 Å². The number of hydrogen-bond acceptors (Lipinski definition) is 6. The summed E-state index contributed by atoms with van der Waals surface area (Å²) in [5.74, 6) is 0.501. The van der Waals surface area contributed by atoms with Crippen molar-refractivity contribution in [3.8, 4) is 11.5 Å². The van der Waals surface area contributed by atoms with Crippen molar-refractivity contribution >= 4 is 29.2 Å². The van der Waals surface area contributed by atoms with Gasteiger partial charge in [-0.2, -0.15) is 0 Å². The van der Waals surface area contributed by atoms with Crippen LogP contribution in [0.1, 0.15) is 22.2 Å². The lowest BCUT2D eigenvalue weighted by Crippen LogP contribution is -2.24. The number of fused-ring (bicyclic) bond motifs is 1. The van der Waals surface area contributed by atoms with E-state index in [9.17, 15) is 9.59 Å². The largest absolute Gasteiger partial charge is 0.479 e. The van der Waals surface area contributed by atoms with Crippen molar-refractivity contribution in [3.05, 3.63) is 51.9 Å². The minimum atomic E-state index is -0.740. The Morgan fingerprint density at radius 1 is 1.35 bits per heavy atom. The molecular weight excluding hydrogens is 316 g/mol. The van der Waals surface area contributed by atoms with Crippen LogP contribution in [0.5, 0.6) is 11.5 Å². The van der Waals surface area contributed by atoms with Crippen LogP contribution in [0.3, 0.4) is 0 Å². The van der Waals surface area contributed by atoms with Gasteiger partial charge in [0, 0.05) is 17.0 Å². The average molecular weight is 330 g/mol. The Morgan fingerprint density at radius 3 is 2.87 bits per heavy atom. The van der Waals surface area contributed by atoms with Crippen molar-refractivity contribution in [2.24, 2.45) is 0 Å². The Hall–Kier alpha value is -2.60. The van der Waals surface area contributed by atoms with E-state index in [-0.39, 0.29) is 11.5 Å². The highest BCUT2D eigenvalue weighted by atomic mass is 32.1. The number of methoxy groups -OCH3 is 1. The van der Waals surface area contributed by atoms with Gasteiger partial charge < -0.3 is 14.2 Å². The lowest BCUT2D eigenvalue weighted by atomic mass is 10.1. The van der Waals surface area contributed by atoms with Crippen LogP contribution in [0, 0.1) is 0 Å². The molecule has 3 rings (SSSR count). The summed E-state index contributed by atoms with van der Waals surface area (Å²) < 4.78 is 15.7. The first-order valence-electron chi connectivity index (χ1n) is 6.95. The second-order valence-electron chi connectivity index (χ2n) is 4.90. The van der Waals surface area contributed by atoms with Gasteiger partial charge in [-0.1, -0.05) is 6.07 Å². The van der Waals surface area contributed by atoms with Crippen LogP contribution >= 0.6 is 11.3 Å². The molecule has 0 aliphatic carbocycles. The first kappa shape index (κ1) is 15.3. The third-order valence-electron chi connectivity index (χ3n) is 3.30. The minimum absolute atomic E-state index is 0.166. The van der Waals surface area contributed by atoms with Crippen molar-refractivity contribution < 1.29 is 23.8 Å². The number of ketones is 1. The van der Waals surface area contributed by atoms with Crippen LogP contribution in [-0.2, 0) is 9.53 Å². The molecule has 0 amide bonds. The number of benzene rings is 1. The molecule has 1 aliphatic rings. The molecule has 0 bridgehead atoms. The summed E-state index contributed by atoms with van der Waals surface area (Å²) in [6.45, 7) is 1.59. The number of Topliss-reactive ketones (excluding diaryl/α,β-unsaturated/α-hetero) is 1. The predicted molar refractivity (Wildman–Crippen MR) is 85.8 cm³/mol. The second-order valence-corrected chi connectivity index (χ2v) is 5.88. The molecule has 1 aliphatic heterocycles. The molecule has 2 aromatic rings. The molecule has 6 heteroatoms. The number of ether oxygens (including phenoxy) is 3. The third-order valence-corrected chi connectivity index (χ3v) is 4.12. The van der Waals surface area contributed by atoms with Gasteiger partial charge in [0.2, 0.25) is 5.78 Å². The minimum Gasteiger partial charge on any atom is -0.479 e. The number of thiophene rings is 1. The zero-order valence-corrected chi connectivity index (χ0v) is 13.4. The molecule has 0 N–H and O–H groups in total.